The normalized spacial score (nSPS) is 15.3. The van der Waals surface area contributed by atoms with E-state index in [9.17, 15) is 22.8 Å². The van der Waals surface area contributed by atoms with Crippen LogP contribution in [-0.4, -0.2) is 24.8 Å². The highest BCUT2D eigenvalue weighted by atomic mass is 19.4. The predicted octanol–water partition coefficient (Wildman–Crippen LogP) is 6.09. The molecule has 37 heavy (non-hydrogen) atoms. The number of nitrogens with one attached hydrogen (secondary N) is 1. The number of hydrogen-bond acceptors (Lipinski definition) is 5. The van der Waals surface area contributed by atoms with Crippen LogP contribution in [0.3, 0.4) is 0 Å². The number of aryl methyl sites for hydroxylation is 1. The van der Waals surface area contributed by atoms with E-state index in [1.807, 2.05) is 43.3 Å². The van der Waals surface area contributed by atoms with Crippen molar-refractivity contribution in [3.05, 3.63) is 71.3 Å². The Balaban J connectivity index is 1.42. The number of hydrogen-bond donors (Lipinski definition) is 1. The van der Waals surface area contributed by atoms with Gasteiger partial charge in [-0.25, -0.2) is 0 Å². The molecule has 0 radical (unpaired) electrons. The third-order valence-electron chi connectivity index (χ3n) is 6.70. The third kappa shape index (κ3) is 5.12. The van der Waals surface area contributed by atoms with Crippen molar-refractivity contribution in [2.75, 3.05) is 12.1 Å². The van der Waals surface area contributed by atoms with E-state index < -0.39 is 23.4 Å². The summed E-state index contributed by atoms with van der Waals surface area (Å²) in [6.45, 7) is 3.20. The van der Waals surface area contributed by atoms with Gasteiger partial charge in [0.15, 0.2) is 17.2 Å². The van der Waals surface area contributed by atoms with E-state index in [0.717, 1.165) is 29.5 Å². The second-order valence-corrected chi connectivity index (χ2v) is 9.34. The fraction of sp³-hybridized carbons (Fsp3) is 0.286. The molecule has 3 aromatic carbocycles. The van der Waals surface area contributed by atoms with Crippen molar-refractivity contribution in [1.29, 1.82) is 0 Å². The SMILES string of the molecule is CC(=O)Nc1ccc(-c2cc(CC(=O)C3(c4ccc5c(c4)OCO5)CC3)ccc2C)cc1OC(F)(F)F. The first-order valence-corrected chi connectivity index (χ1v) is 11.7. The van der Waals surface area contributed by atoms with Gasteiger partial charge in [-0.1, -0.05) is 30.3 Å². The number of anilines is 1. The number of benzene rings is 3. The monoisotopic (exact) mass is 511 g/mol. The minimum atomic E-state index is -4.93. The zero-order chi connectivity index (χ0) is 26.4. The summed E-state index contributed by atoms with van der Waals surface area (Å²) in [5, 5.41) is 2.36. The molecule has 1 fully saturated rings. The van der Waals surface area contributed by atoms with Crippen LogP contribution in [0.15, 0.2) is 54.6 Å². The molecular formula is C28H24F3NO5. The Morgan fingerprint density at radius 2 is 1.76 bits per heavy atom. The number of ketones is 1. The molecule has 1 N–H and O–H groups in total. The lowest BCUT2D eigenvalue weighted by Gasteiger charge is -2.17. The molecule has 1 aliphatic carbocycles. The number of amides is 1. The van der Waals surface area contributed by atoms with Crippen LogP contribution in [0.1, 0.15) is 36.5 Å². The Morgan fingerprint density at radius 3 is 2.46 bits per heavy atom. The lowest BCUT2D eigenvalue weighted by molar-refractivity contribution is -0.274. The van der Waals surface area contributed by atoms with Gasteiger partial charge >= 0.3 is 6.36 Å². The highest BCUT2D eigenvalue weighted by Gasteiger charge is 2.50. The number of Topliss-reactive ketones (excluding diaryl/α,β-unsaturated/α-hetero) is 1. The van der Waals surface area contributed by atoms with Crippen molar-refractivity contribution in [3.63, 3.8) is 0 Å². The number of ether oxygens (including phenoxy) is 3. The molecule has 9 heteroatoms. The Morgan fingerprint density at radius 1 is 1.00 bits per heavy atom. The van der Waals surface area contributed by atoms with E-state index in [1.54, 1.807) is 6.07 Å². The maximum atomic E-state index is 13.4. The molecule has 0 saturated heterocycles. The standard InChI is InChI=1S/C28H24F3NO5/c1-16-3-4-18(12-26(34)27(9-10-27)20-6-8-23-25(14-20)36-15-35-23)11-21(16)19-5-7-22(32-17(2)33)24(13-19)37-28(29,30)31/h3-8,11,13-14H,9-10,12,15H2,1-2H3,(H,32,33). The van der Waals surface area contributed by atoms with Gasteiger partial charge in [-0.05, 0) is 71.8 Å². The first-order chi connectivity index (χ1) is 17.5. The van der Waals surface area contributed by atoms with Gasteiger partial charge in [0.25, 0.3) is 0 Å². The minimum absolute atomic E-state index is 0.0725. The Hall–Kier alpha value is -4.01. The molecule has 0 bridgehead atoms. The van der Waals surface area contributed by atoms with Crippen LogP contribution in [0.2, 0.25) is 0 Å². The number of fused-ring (bicyclic) bond motifs is 1. The van der Waals surface area contributed by atoms with Crippen LogP contribution in [0.4, 0.5) is 18.9 Å². The second-order valence-electron chi connectivity index (χ2n) is 9.34. The second kappa shape index (κ2) is 9.14. The highest BCUT2D eigenvalue weighted by Crippen LogP contribution is 2.51. The molecule has 1 amide bonds. The van der Waals surface area contributed by atoms with Crippen molar-refractivity contribution in [2.45, 2.75) is 44.9 Å². The van der Waals surface area contributed by atoms with E-state index in [2.05, 4.69) is 10.1 Å². The zero-order valence-corrected chi connectivity index (χ0v) is 20.2. The maximum absolute atomic E-state index is 13.4. The quantitative estimate of drug-likeness (QED) is 0.416. The maximum Gasteiger partial charge on any atom is 0.573 e. The summed E-state index contributed by atoms with van der Waals surface area (Å²) in [6, 6.07) is 15.3. The largest absolute Gasteiger partial charge is 0.573 e. The summed E-state index contributed by atoms with van der Waals surface area (Å²) in [5.74, 6) is 0.333. The van der Waals surface area contributed by atoms with Crippen LogP contribution >= 0.6 is 0 Å². The fourth-order valence-corrected chi connectivity index (χ4v) is 4.68. The molecule has 0 spiro atoms. The number of halogens is 3. The van der Waals surface area contributed by atoms with E-state index in [0.29, 0.717) is 22.6 Å². The van der Waals surface area contributed by atoms with Crippen LogP contribution in [0, 0.1) is 6.92 Å². The van der Waals surface area contributed by atoms with Gasteiger partial charge in [-0.2, -0.15) is 0 Å². The molecule has 0 unspecified atom stereocenters. The number of rotatable bonds is 7. The topological polar surface area (TPSA) is 73.9 Å². The Kier molecular flexibility index (Phi) is 6.09. The molecule has 6 nitrogen and oxygen atoms in total. The Labute approximate surface area is 211 Å². The smallest absolute Gasteiger partial charge is 0.454 e. The van der Waals surface area contributed by atoms with Crippen LogP contribution in [-0.2, 0) is 21.4 Å². The summed E-state index contributed by atoms with van der Waals surface area (Å²) in [6.07, 6.45) is -3.26. The zero-order valence-electron chi connectivity index (χ0n) is 20.2. The lowest BCUT2D eigenvalue weighted by atomic mass is 9.87. The molecule has 192 valence electrons. The molecule has 1 heterocycles. The van der Waals surface area contributed by atoms with Crippen molar-refractivity contribution >= 4 is 17.4 Å². The van der Waals surface area contributed by atoms with Crippen molar-refractivity contribution in [1.82, 2.24) is 0 Å². The van der Waals surface area contributed by atoms with Crippen LogP contribution in [0.5, 0.6) is 17.2 Å². The molecule has 1 aliphatic heterocycles. The summed E-state index contributed by atoms with van der Waals surface area (Å²) in [7, 11) is 0. The van der Waals surface area contributed by atoms with Gasteiger partial charge in [-0.3, -0.25) is 9.59 Å². The van der Waals surface area contributed by atoms with Gasteiger partial charge in [0.05, 0.1) is 11.1 Å². The predicted molar refractivity (Wildman–Crippen MR) is 130 cm³/mol. The van der Waals surface area contributed by atoms with Crippen molar-refractivity contribution < 1.29 is 37.0 Å². The van der Waals surface area contributed by atoms with Gasteiger partial charge in [0.1, 0.15) is 5.78 Å². The molecule has 1 saturated carbocycles. The van der Waals surface area contributed by atoms with Crippen molar-refractivity contribution in [3.8, 4) is 28.4 Å². The van der Waals surface area contributed by atoms with Gasteiger partial charge < -0.3 is 19.5 Å². The summed E-state index contributed by atoms with van der Waals surface area (Å²) in [4.78, 5) is 24.9. The lowest BCUT2D eigenvalue weighted by Crippen LogP contribution is -2.22. The average molecular weight is 511 g/mol. The summed E-state index contributed by atoms with van der Waals surface area (Å²) in [5.41, 5.74) is 2.95. The molecule has 0 aromatic heterocycles. The first kappa shape index (κ1) is 24.7. The van der Waals surface area contributed by atoms with Crippen LogP contribution < -0.4 is 19.5 Å². The molecule has 3 aromatic rings. The van der Waals surface area contributed by atoms with Gasteiger partial charge in [0.2, 0.25) is 12.7 Å². The molecule has 0 atom stereocenters. The fourth-order valence-electron chi connectivity index (χ4n) is 4.68. The van der Waals surface area contributed by atoms with E-state index in [1.165, 1.54) is 19.1 Å². The molecule has 2 aliphatic rings. The van der Waals surface area contributed by atoms with E-state index in [4.69, 9.17) is 9.47 Å². The van der Waals surface area contributed by atoms with E-state index >= 15 is 0 Å². The number of carbonyl (C=O) groups excluding carboxylic acids is 2. The number of alkyl halides is 3. The van der Waals surface area contributed by atoms with Gasteiger partial charge in [-0.15, -0.1) is 13.2 Å². The Bertz CT molecular complexity index is 1400. The average Bonchev–Trinajstić information content (AvgIpc) is 3.51. The van der Waals surface area contributed by atoms with E-state index in [-0.39, 0.29) is 24.7 Å². The number of carbonyl (C=O) groups is 2. The third-order valence-corrected chi connectivity index (χ3v) is 6.70. The molecule has 5 rings (SSSR count). The minimum Gasteiger partial charge on any atom is -0.454 e. The van der Waals surface area contributed by atoms with Gasteiger partial charge in [0, 0.05) is 13.3 Å². The molecular weight excluding hydrogens is 487 g/mol. The first-order valence-electron chi connectivity index (χ1n) is 11.7. The highest BCUT2D eigenvalue weighted by molar-refractivity contribution is 5.95. The van der Waals surface area contributed by atoms with Crippen molar-refractivity contribution in [2.24, 2.45) is 0 Å². The summed E-state index contributed by atoms with van der Waals surface area (Å²) >= 11 is 0. The summed E-state index contributed by atoms with van der Waals surface area (Å²) < 4.78 is 54.1. The van der Waals surface area contributed by atoms with Crippen LogP contribution in [0.25, 0.3) is 11.1 Å².